The Balaban J connectivity index is 1.72. The number of anilines is 3. The van der Waals surface area contributed by atoms with Gasteiger partial charge < -0.3 is 25.8 Å². The van der Waals surface area contributed by atoms with Crippen LogP contribution in [0.15, 0.2) is 42.5 Å². The Morgan fingerprint density at radius 3 is 2.65 bits per heavy atom. The lowest BCUT2D eigenvalue weighted by atomic mass is 10.1. The topological polar surface area (TPSA) is 105 Å². The third-order valence-electron chi connectivity index (χ3n) is 4.25. The molecule has 1 aliphatic heterocycles. The lowest BCUT2D eigenvalue weighted by molar-refractivity contribution is -0.115. The number of benzene rings is 2. The van der Waals surface area contributed by atoms with E-state index in [9.17, 15) is 9.59 Å². The molecule has 26 heavy (non-hydrogen) atoms. The summed E-state index contributed by atoms with van der Waals surface area (Å²) in [5.41, 5.74) is 8.00. The number of nitrogen functional groups attached to an aromatic ring is 1. The minimum atomic E-state index is -1.00. The highest BCUT2D eigenvalue weighted by molar-refractivity contribution is 5.95. The zero-order valence-corrected chi connectivity index (χ0v) is 14.4. The third-order valence-corrected chi connectivity index (χ3v) is 4.25. The van der Waals surface area contributed by atoms with Crippen molar-refractivity contribution in [3.05, 3.63) is 48.0 Å². The maximum absolute atomic E-state index is 12.4. The van der Waals surface area contributed by atoms with E-state index in [4.69, 9.17) is 15.6 Å². The van der Waals surface area contributed by atoms with Crippen LogP contribution in [-0.2, 0) is 4.79 Å². The molecule has 0 radical (unpaired) electrons. The summed E-state index contributed by atoms with van der Waals surface area (Å²) >= 11 is 0. The van der Waals surface area contributed by atoms with E-state index >= 15 is 0 Å². The SMILES string of the molecule is CCC1CN(CC(=O)Nc2ccc(C(=O)O)cc2)c2cc(N)ccc2O1. The molecule has 1 atom stereocenters. The number of rotatable bonds is 5. The normalized spacial score (nSPS) is 15.7. The molecule has 0 fully saturated rings. The molecule has 0 aliphatic carbocycles. The van der Waals surface area contributed by atoms with Gasteiger partial charge in [-0.05, 0) is 48.9 Å². The second kappa shape index (κ2) is 7.35. The Hall–Kier alpha value is -3.22. The van der Waals surface area contributed by atoms with Crippen LogP contribution in [0.5, 0.6) is 5.75 Å². The number of nitrogens with two attached hydrogens (primary N) is 1. The number of nitrogens with zero attached hydrogens (tertiary/aromatic N) is 1. The highest BCUT2D eigenvalue weighted by atomic mass is 16.5. The summed E-state index contributed by atoms with van der Waals surface area (Å²) in [5, 5.41) is 11.7. The van der Waals surface area contributed by atoms with Crippen LogP contribution in [0.2, 0.25) is 0 Å². The van der Waals surface area contributed by atoms with Crippen LogP contribution in [0.1, 0.15) is 23.7 Å². The average molecular weight is 355 g/mol. The maximum atomic E-state index is 12.4. The van der Waals surface area contributed by atoms with Crippen molar-refractivity contribution in [2.75, 3.05) is 29.0 Å². The van der Waals surface area contributed by atoms with Gasteiger partial charge in [-0.25, -0.2) is 4.79 Å². The Labute approximate surface area is 151 Å². The molecule has 1 unspecified atom stereocenters. The summed E-state index contributed by atoms with van der Waals surface area (Å²) in [5.74, 6) is -0.481. The number of ether oxygens (including phenoxy) is 1. The standard InChI is InChI=1S/C19H21N3O4/c1-2-15-10-22(16-9-13(20)5-8-17(16)26-15)11-18(23)21-14-6-3-12(4-7-14)19(24)25/h3-9,15H,2,10-11,20H2,1H3,(H,21,23)(H,24,25). The first-order valence-electron chi connectivity index (χ1n) is 8.40. The minimum absolute atomic E-state index is 0.00812. The number of hydrogen-bond donors (Lipinski definition) is 3. The van der Waals surface area contributed by atoms with Gasteiger partial charge in [-0.15, -0.1) is 0 Å². The van der Waals surface area contributed by atoms with Gasteiger partial charge in [0.05, 0.1) is 24.3 Å². The second-order valence-electron chi connectivity index (χ2n) is 6.19. The molecule has 3 rings (SSSR count). The first-order chi connectivity index (χ1) is 12.5. The molecule has 1 aliphatic rings. The van der Waals surface area contributed by atoms with Gasteiger partial charge in [0.15, 0.2) is 0 Å². The van der Waals surface area contributed by atoms with Crippen molar-refractivity contribution in [2.24, 2.45) is 0 Å². The average Bonchev–Trinajstić information content (AvgIpc) is 2.62. The summed E-state index contributed by atoms with van der Waals surface area (Å²) < 4.78 is 5.92. The molecule has 0 saturated heterocycles. The lowest BCUT2D eigenvalue weighted by Gasteiger charge is -2.35. The maximum Gasteiger partial charge on any atom is 0.335 e. The molecule has 0 spiro atoms. The number of aromatic carboxylic acids is 1. The van der Waals surface area contributed by atoms with E-state index < -0.39 is 5.97 Å². The molecular formula is C19H21N3O4. The van der Waals surface area contributed by atoms with Crippen LogP contribution in [0.25, 0.3) is 0 Å². The van der Waals surface area contributed by atoms with Gasteiger partial charge in [-0.3, -0.25) is 4.79 Å². The Morgan fingerprint density at radius 2 is 2.00 bits per heavy atom. The van der Waals surface area contributed by atoms with E-state index in [1.54, 1.807) is 24.3 Å². The van der Waals surface area contributed by atoms with Crippen LogP contribution in [0, 0.1) is 0 Å². The number of amides is 1. The predicted molar refractivity (Wildman–Crippen MR) is 99.8 cm³/mol. The first kappa shape index (κ1) is 17.6. The van der Waals surface area contributed by atoms with Crippen molar-refractivity contribution < 1.29 is 19.4 Å². The minimum Gasteiger partial charge on any atom is -0.486 e. The largest absolute Gasteiger partial charge is 0.486 e. The molecule has 1 heterocycles. The van der Waals surface area contributed by atoms with Gasteiger partial charge in [-0.1, -0.05) is 6.92 Å². The molecular weight excluding hydrogens is 334 g/mol. The molecule has 7 heteroatoms. The van der Waals surface area contributed by atoms with Crippen molar-refractivity contribution in [3.8, 4) is 5.75 Å². The Morgan fingerprint density at radius 1 is 1.27 bits per heavy atom. The number of hydrogen-bond acceptors (Lipinski definition) is 5. The predicted octanol–water partition coefficient (Wildman–Crippen LogP) is 2.58. The number of carboxylic acid groups (broad SMARTS) is 1. The van der Waals surface area contributed by atoms with Gasteiger partial charge in [0, 0.05) is 11.4 Å². The van der Waals surface area contributed by atoms with Crippen LogP contribution in [-0.4, -0.2) is 36.2 Å². The van der Waals surface area contributed by atoms with Crippen molar-refractivity contribution >= 4 is 28.9 Å². The molecule has 0 aromatic heterocycles. The van der Waals surface area contributed by atoms with Crippen LogP contribution < -0.4 is 20.7 Å². The first-order valence-corrected chi connectivity index (χ1v) is 8.40. The molecule has 2 aromatic rings. The Bertz CT molecular complexity index is 820. The molecule has 136 valence electrons. The van der Waals surface area contributed by atoms with Crippen molar-refractivity contribution in [1.82, 2.24) is 0 Å². The Kier molecular flexibility index (Phi) is 4.97. The molecule has 0 bridgehead atoms. The molecule has 4 N–H and O–H groups in total. The number of carbonyl (C=O) groups is 2. The van der Waals surface area contributed by atoms with Gasteiger partial charge in [0.1, 0.15) is 11.9 Å². The highest BCUT2D eigenvalue weighted by Gasteiger charge is 2.26. The molecule has 1 amide bonds. The fourth-order valence-corrected chi connectivity index (χ4v) is 2.87. The fraction of sp³-hybridized carbons (Fsp3) is 0.263. The van der Waals surface area contributed by atoms with Gasteiger partial charge >= 0.3 is 5.97 Å². The summed E-state index contributed by atoms with van der Waals surface area (Å²) in [7, 11) is 0. The smallest absolute Gasteiger partial charge is 0.335 e. The van der Waals surface area contributed by atoms with Gasteiger partial charge in [0.25, 0.3) is 0 Å². The lowest BCUT2D eigenvalue weighted by Crippen LogP contribution is -2.43. The van der Waals surface area contributed by atoms with E-state index in [0.717, 1.165) is 17.9 Å². The molecule has 7 nitrogen and oxygen atoms in total. The number of fused-ring (bicyclic) bond motifs is 1. The third kappa shape index (κ3) is 3.88. The van der Waals surface area contributed by atoms with Gasteiger partial charge in [-0.2, -0.15) is 0 Å². The van der Waals surface area contributed by atoms with E-state index in [0.29, 0.717) is 17.9 Å². The van der Waals surface area contributed by atoms with E-state index in [1.807, 2.05) is 17.9 Å². The summed E-state index contributed by atoms with van der Waals surface area (Å²) in [6.07, 6.45) is 0.840. The fourth-order valence-electron chi connectivity index (χ4n) is 2.87. The summed E-state index contributed by atoms with van der Waals surface area (Å²) in [6, 6.07) is 11.5. The summed E-state index contributed by atoms with van der Waals surface area (Å²) in [6.45, 7) is 2.78. The van der Waals surface area contributed by atoms with Crippen LogP contribution >= 0.6 is 0 Å². The van der Waals surface area contributed by atoms with E-state index in [-0.39, 0.29) is 24.1 Å². The molecule has 0 saturated carbocycles. The monoisotopic (exact) mass is 355 g/mol. The number of carbonyl (C=O) groups excluding carboxylic acids is 1. The van der Waals surface area contributed by atoms with Crippen molar-refractivity contribution in [3.63, 3.8) is 0 Å². The summed E-state index contributed by atoms with van der Waals surface area (Å²) in [4.78, 5) is 25.3. The number of nitrogens with one attached hydrogen (secondary N) is 1. The van der Waals surface area contributed by atoms with E-state index in [2.05, 4.69) is 5.32 Å². The van der Waals surface area contributed by atoms with Crippen molar-refractivity contribution in [1.29, 1.82) is 0 Å². The zero-order chi connectivity index (χ0) is 18.7. The second-order valence-corrected chi connectivity index (χ2v) is 6.19. The molecule has 2 aromatic carbocycles. The van der Waals surface area contributed by atoms with E-state index in [1.165, 1.54) is 12.1 Å². The quantitative estimate of drug-likeness (QED) is 0.712. The van der Waals surface area contributed by atoms with Crippen LogP contribution in [0.3, 0.4) is 0 Å². The number of carboxylic acids is 1. The zero-order valence-electron chi connectivity index (χ0n) is 14.4. The van der Waals surface area contributed by atoms with Crippen molar-refractivity contribution in [2.45, 2.75) is 19.4 Å². The highest BCUT2D eigenvalue weighted by Crippen LogP contribution is 2.35. The van der Waals surface area contributed by atoms with Crippen LogP contribution in [0.4, 0.5) is 17.1 Å². The van der Waals surface area contributed by atoms with Gasteiger partial charge in [0.2, 0.25) is 5.91 Å².